The van der Waals surface area contributed by atoms with Gasteiger partial charge in [-0.1, -0.05) is 29.8 Å². The van der Waals surface area contributed by atoms with Crippen LogP contribution in [-0.4, -0.2) is 58.7 Å². The predicted molar refractivity (Wildman–Crippen MR) is 119 cm³/mol. The molecule has 0 bridgehead atoms. The molecule has 1 aliphatic rings. The molecular formula is C21H18ClFN6O2S. The lowest BCUT2D eigenvalue weighted by Gasteiger charge is -2.34. The molecule has 1 aliphatic heterocycles. The van der Waals surface area contributed by atoms with Crippen LogP contribution < -0.4 is 4.90 Å². The van der Waals surface area contributed by atoms with Crippen LogP contribution in [0.1, 0.15) is 0 Å². The van der Waals surface area contributed by atoms with Crippen molar-refractivity contribution < 1.29 is 12.8 Å². The number of aromatic nitrogens is 4. The second-order valence-electron chi connectivity index (χ2n) is 7.31. The number of benzene rings is 2. The van der Waals surface area contributed by atoms with Gasteiger partial charge in [0.1, 0.15) is 11.6 Å². The highest BCUT2D eigenvalue weighted by Crippen LogP contribution is 2.24. The van der Waals surface area contributed by atoms with E-state index in [4.69, 9.17) is 11.6 Å². The average molecular weight is 473 g/mol. The lowest BCUT2D eigenvalue weighted by atomic mass is 10.2. The summed E-state index contributed by atoms with van der Waals surface area (Å²) in [5, 5.41) is 13.1. The van der Waals surface area contributed by atoms with Crippen molar-refractivity contribution in [1.82, 2.24) is 24.1 Å². The maximum atomic E-state index is 14.3. The van der Waals surface area contributed by atoms with Crippen molar-refractivity contribution in [2.45, 2.75) is 4.90 Å². The molecule has 4 aromatic rings. The molecule has 32 heavy (non-hydrogen) atoms. The van der Waals surface area contributed by atoms with Crippen LogP contribution in [0.3, 0.4) is 0 Å². The molecular weight excluding hydrogens is 455 g/mol. The van der Waals surface area contributed by atoms with Crippen LogP contribution in [-0.2, 0) is 10.0 Å². The highest BCUT2D eigenvalue weighted by atomic mass is 35.5. The summed E-state index contributed by atoms with van der Waals surface area (Å²) in [4.78, 5) is 2.16. The molecule has 0 amide bonds. The van der Waals surface area contributed by atoms with Crippen molar-refractivity contribution in [3.8, 4) is 11.4 Å². The summed E-state index contributed by atoms with van der Waals surface area (Å²) in [7, 11) is -3.63. The van der Waals surface area contributed by atoms with Crippen molar-refractivity contribution in [2.24, 2.45) is 0 Å². The number of hydrogen-bond acceptors (Lipinski definition) is 6. The molecule has 0 aliphatic carbocycles. The molecule has 0 saturated carbocycles. The molecule has 5 rings (SSSR count). The van der Waals surface area contributed by atoms with E-state index >= 15 is 0 Å². The molecule has 0 N–H and O–H groups in total. The van der Waals surface area contributed by atoms with Gasteiger partial charge in [-0.25, -0.2) is 12.8 Å². The minimum absolute atomic E-state index is 0.178. The molecule has 8 nitrogen and oxygen atoms in total. The second-order valence-corrected chi connectivity index (χ2v) is 9.69. The maximum Gasteiger partial charge on any atom is 0.243 e. The molecule has 11 heteroatoms. The summed E-state index contributed by atoms with van der Waals surface area (Å²) in [6, 6.07) is 16.1. The summed E-state index contributed by atoms with van der Waals surface area (Å²) in [5.41, 5.74) is 0.802. The topological polar surface area (TPSA) is 83.7 Å². The number of sulfonamides is 1. The second kappa shape index (κ2) is 8.12. The van der Waals surface area contributed by atoms with Crippen molar-refractivity contribution in [2.75, 3.05) is 31.1 Å². The molecule has 1 saturated heterocycles. The summed E-state index contributed by atoms with van der Waals surface area (Å²) >= 11 is 5.96. The Hall–Kier alpha value is -3.08. The van der Waals surface area contributed by atoms with E-state index in [0.29, 0.717) is 54.1 Å². The number of nitrogens with zero attached hydrogens (tertiary/aromatic N) is 6. The Morgan fingerprint density at radius 1 is 0.906 bits per heavy atom. The van der Waals surface area contributed by atoms with Gasteiger partial charge in [0, 0.05) is 31.2 Å². The number of rotatable bonds is 4. The van der Waals surface area contributed by atoms with Gasteiger partial charge in [0.25, 0.3) is 0 Å². The number of fused-ring (bicyclic) bond motifs is 1. The third-order valence-corrected chi connectivity index (χ3v) is 7.49. The molecule has 0 radical (unpaired) electrons. The first-order valence-corrected chi connectivity index (χ1v) is 11.7. The summed E-state index contributed by atoms with van der Waals surface area (Å²) in [6.07, 6.45) is 0. The Bertz CT molecular complexity index is 1400. The average Bonchev–Trinajstić information content (AvgIpc) is 3.22. The quantitative estimate of drug-likeness (QED) is 0.454. The monoisotopic (exact) mass is 472 g/mol. The first-order chi connectivity index (χ1) is 15.4. The molecule has 3 heterocycles. The predicted octanol–water partition coefficient (Wildman–Crippen LogP) is 3.09. The van der Waals surface area contributed by atoms with Gasteiger partial charge in [0.2, 0.25) is 10.0 Å². The molecule has 2 aromatic heterocycles. The highest BCUT2D eigenvalue weighted by molar-refractivity contribution is 7.89. The molecule has 2 aromatic carbocycles. The Balaban J connectivity index is 1.39. The summed E-state index contributed by atoms with van der Waals surface area (Å²) < 4.78 is 43.1. The molecule has 1 fully saturated rings. The zero-order chi connectivity index (χ0) is 22.3. The number of hydrogen-bond donors (Lipinski definition) is 0. The van der Waals surface area contributed by atoms with Gasteiger partial charge in [0.15, 0.2) is 11.5 Å². The Kier molecular flexibility index (Phi) is 5.28. The largest absolute Gasteiger partial charge is 0.353 e. The third-order valence-electron chi connectivity index (χ3n) is 5.36. The third kappa shape index (κ3) is 3.70. The number of anilines is 1. The van der Waals surface area contributed by atoms with Gasteiger partial charge >= 0.3 is 0 Å². The Labute approximate surface area is 188 Å². The van der Waals surface area contributed by atoms with Crippen molar-refractivity contribution in [1.29, 1.82) is 0 Å². The zero-order valence-electron chi connectivity index (χ0n) is 16.8. The minimum atomic E-state index is -3.63. The van der Waals surface area contributed by atoms with Gasteiger partial charge in [-0.05, 0) is 42.5 Å². The van der Waals surface area contributed by atoms with Crippen molar-refractivity contribution in [3.63, 3.8) is 0 Å². The van der Waals surface area contributed by atoms with Crippen LogP contribution in [0.4, 0.5) is 10.2 Å². The minimum Gasteiger partial charge on any atom is -0.353 e. The molecule has 0 unspecified atom stereocenters. The molecule has 0 atom stereocenters. The maximum absolute atomic E-state index is 14.3. The van der Waals surface area contributed by atoms with Gasteiger partial charge < -0.3 is 4.90 Å². The van der Waals surface area contributed by atoms with E-state index in [0.717, 1.165) is 0 Å². The van der Waals surface area contributed by atoms with E-state index in [1.807, 2.05) is 4.90 Å². The molecule has 0 spiro atoms. The van der Waals surface area contributed by atoms with Gasteiger partial charge in [-0.2, -0.15) is 8.82 Å². The van der Waals surface area contributed by atoms with Gasteiger partial charge in [-0.3, -0.25) is 0 Å². The normalized spacial score (nSPS) is 15.4. The van der Waals surface area contributed by atoms with E-state index in [1.54, 1.807) is 48.5 Å². The highest BCUT2D eigenvalue weighted by Gasteiger charge is 2.29. The van der Waals surface area contributed by atoms with E-state index in [1.165, 1.54) is 21.0 Å². The fourth-order valence-electron chi connectivity index (χ4n) is 3.69. The fourth-order valence-corrected chi connectivity index (χ4v) is 5.42. The van der Waals surface area contributed by atoms with Crippen LogP contribution in [0.2, 0.25) is 5.02 Å². The van der Waals surface area contributed by atoms with Gasteiger partial charge in [0.05, 0.1) is 10.5 Å². The first kappa shape index (κ1) is 20.8. The lowest BCUT2D eigenvalue weighted by molar-refractivity contribution is 0.383. The van der Waals surface area contributed by atoms with E-state index in [9.17, 15) is 12.8 Å². The zero-order valence-corrected chi connectivity index (χ0v) is 18.3. The SMILES string of the molecule is O=S(=O)(c1cccc(Cl)c1)N1CCN(c2ccc3nnc(-c4ccccc4F)n3n2)CC1. The smallest absolute Gasteiger partial charge is 0.243 e. The number of piperazine rings is 1. The fraction of sp³-hybridized carbons (Fsp3) is 0.190. The van der Waals surface area contributed by atoms with E-state index in [-0.39, 0.29) is 4.90 Å². The van der Waals surface area contributed by atoms with E-state index in [2.05, 4.69) is 15.3 Å². The van der Waals surface area contributed by atoms with Crippen molar-refractivity contribution >= 4 is 33.1 Å². The Morgan fingerprint density at radius 2 is 1.69 bits per heavy atom. The Morgan fingerprint density at radius 3 is 2.44 bits per heavy atom. The lowest BCUT2D eigenvalue weighted by Crippen LogP contribution is -2.49. The van der Waals surface area contributed by atoms with Crippen LogP contribution in [0.25, 0.3) is 17.0 Å². The van der Waals surface area contributed by atoms with Crippen LogP contribution in [0.15, 0.2) is 65.6 Å². The number of halogens is 2. The van der Waals surface area contributed by atoms with E-state index < -0.39 is 15.8 Å². The standard InChI is InChI=1S/C21H18ClFN6O2S/c22-15-4-3-5-16(14-15)32(30,31)28-12-10-27(11-13-28)20-9-8-19-24-25-21(29(19)26-20)17-6-1-2-7-18(17)23/h1-9,14H,10-13H2. The van der Waals surface area contributed by atoms with Crippen LogP contribution >= 0.6 is 11.6 Å². The first-order valence-electron chi connectivity index (χ1n) is 9.91. The van der Waals surface area contributed by atoms with Gasteiger partial charge in [-0.15, -0.1) is 15.3 Å². The van der Waals surface area contributed by atoms with Crippen molar-refractivity contribution in [3.05, 3.63) is 71.5 Å². The summed E-state index contributed by atoms with van der Waals surface area (Å²) in [5.74, 6) is 0.533. The van der Waals surface area contributed by atoms with Crippen LogP contribution in [0, 0.1) is 5.82 Å². The van der Waals surface area contributed by atoms with Crippen LogP contribution in [0.5, 0.6) is 0 Å². The molecule has 164 valence electrons. The summed E-state index contributed by atoms with van der Waals surface area (Å²) in [6.45, 7) is 1.51.